The van der Waals surface area contributed by atoms with Gasteiger partial charge >= 0.3 is 0 Å². The lowest BCUT2D eigenvalue weighted by Gasteiger charge is -2.41. The molecule has 8 nitrogen and oxygen atoms in total. The smallest absolute Gasteiger partial charge is 0.158 e. The van der Waals surface area contributed by atoms with E-state index >= 15 is 0 Å². The summed E-state index contributed by atoms with van der Waals surface area (Å²) in [4.78, 5) is 13.2. The molecule has 0 unspecified atom stereocenters. The fraction of sp³-hybridized carbons (Fsp3) is 0.500. The topological polar surface area (TPSA) is 84.2 Å². The zero-order valence-corrected chi connectivity index (χ0v) is 20.1. The minimum Gasteiger partial charge on any atom is -0.378 e. The number of fused-ring (bicyclic) bond motifs is 1. The highest BCUT2D eigenvalue weighted by Crippen LogP contribution is 2.40. The molecule has 0 spiro atoms. The number of thiazole rings is 1. The third kappa shape index (κ3) is 3.68. The molecule has 6 heterocycles. The molecule has 4 aromatic rings. The number of aromatic nitrogens is 6. The van der Waals surface area contributed by atoms with E-state index in [9.17, 15) is 0 Å². The van der Waals surface area contributed by atoms with Crippen LogP contribution in [-0.2, 0) is 4.74 Å². The highest BCUT2D eigenvalue weighted by atomic mass is 32.1. The summed E-state index contributed by atoms with van der Waals surface area (Å²) in [5.41, 5.74) is 6.21. The van der Waals surface area contributed by atoms with E-state index in [1.165, 1.54) is 23.3 Å². The fourth-order valence-electron chi connectivity index (χ4n) is 5.09. The molecule has 33 heavy (non-hydrogen) atoms. The Morgan fingerprint density at radius 3 is 2.73 bits per heavy atom. The molecule has 0 amide bonds. The van der Waals surface area contributed by atoms with Gasteiger partial charge in [-0.25, -0.2) is 14.5 Å². The Labute approximate surface area is 197 Å². The van der Waals surface area contributed by atoms with Gasteiger partial charge in [-0.1, -0.05) is 13.8 Å². The van der Waals surface area contributed by atoms with Gasteiger partial charge in [0.15, 0.2) is 5.65 Å². The van der Waals surface area contributed by atoms with Gasteiger partial charge in [0.1, 0.15) is 11.3 Å². The van der Waals surface area contributed by atoms with E-state index in [-0.39, 0.29) is 0 Å². The third-order valence-corrected chi connectivity index (χ3v) is 8.20. The first kappa shape index (κ1) is 20.9. The number of nitrogens with one attached hydrogen (secondary N) is 1. The summed E-state index contributed by atoms with van der Waals surface area (Å²) >= 11 is 1.82. The van der Waals surface area contributed by atoms with Gasteiger partial charge in [-0.2, -0.15) is 10.2 Å². The van der Waals surface area contributed by atoms with Crippen molar-refractivity contribution in [1.29, 1.82) is 0 Å². The van der Waals surface area contributed by atoms with Crippen LogP contribution in [0.25, 0.3) is 27.6 Å². The Hall–Kier alpha value is -2.62. The van der Waals surface area contributed by atoms with E-state index in [4.69, 9.17) is 14.8 Å². The summed E-state index contributed by atoms with van der Waals surface area (Å²) < 4.78 is 7.20. The lowest BCUT2D eigenvalue weighted by Crippen LogP contribution is -2.51. The minimum absolute atomic E-state index is 0.306. The molecule has 9 heteroatoms. The van der Waals surface area contributed by atoms with Gasteiger partial charge in [0.2, 0.25) is 0 Å². The van der Waals surface area contributed by atoms with Crippen LogP contribution in [0.4, 0.5) is 0 Å². The Bertz CT molecular complexity index is 1280. The summed E-state index contributed by atoms with van der Waals surface area (Å²) in [5.74, 6) is 0.900. The van der Waals surface area contributed by atoms with Crippen molar-refractivity contribution in [2.45, 2.75) is 51.5 Å². The number of likely N-dealkylation sites (tertiary alicyclic amines) is 1. The van der Waals surface area contributed by atoms with Crippen LogP contribution in [0.5, 0.6) is 0 Å². The second-order valence-electron chi connectivity index (χ2n) is 9.52. The first-order valence-electron chi connectivity index (χ1n) is 11.7. The number of aromatic amines is 1. The summed E-state index contributed by atoms with van der Waals surface area (Å²) in [7, 11) is 0. The highest BCUT2D eigenvalue weighted by molar-refractivity contribution is 7.15. The summed E-state index contributed by atoms with van der Waals surface area (Å²) in [6.07, 6.45) is 8.08. The van der Waals surface area contributed by atoms with Crippen molar-refractivity contribution in [3.8, 4) is 22.0 Å². The van der Waals surface area contributed by atoms with Gasteiger partial charge in [0, 0.05) is 28.4 Å². The predicted molar refractivity (Wildman–Crippen MR) is 129 cm³/mol. The first-order valence-corrected chi connectivity index (χ1v) is 12.6. The van der Waals surface area contributed by atoms with Crippen molar-refractivity contribution < 1.29 is 4.74 Å². The molecule has 6 rings (SSSR count). The van der Waals surface area contributed by atoms with Crippen LogP contribution in [0.3, 0.4) is 0 Å². The zero-order chi connectivity index (χ0) is 22.5. The molecule has 2 aliphatic rings. The Morgan fingerprint density at radius 1 is 1.18 bits per heavy atom. The van der Waals surface area contributed by atoms with E-state index in [0.717, 1.165) is 59.5 Å². The Kier molecular flexibility index (Phi) is 5.27. The zero-order valence-electron chi connectivity index (χ0n) is 19.3. The van der Waals surface area contributed by atoms with Crippen molar-refractivity contribution in [2.75, 3.05) is 26.3 Å². The van der Waals surface area contributed by atoms with Crippen LogP contribution in [-0.4, -0.2) is 67.0 Å². The van der Waals surface area contributed by atoms with E-state index in [0.29, 0.717) is 17.9 Å². The lowest BCUT2D eigenvalue weighted by molar-refractivity contribution is -0.0712. The van der Waals surface area contributed by atoms with Gasteiger partial charge in [0.25, 0.3) is 0 Å². The van der Waals surface area contributed by atoms with Crippen molar-refractivity contribution in [3.63, 3.8) is 0 Å². The maximum absolute atomic E-state index is 5.37. The average Bonchev–Trinajstić information content (AvgIpc) is 3.51. The highest BCUT2D eigenvalue weighted by Gasteiger charge is 2.31. The van der Waals surface area contributed by atoms with Gasteiger partial charge < -0.3 is 4.74 Å². The monoisotopic (exact) mass is 463 g/mol. The molecule has 2 aliphatic heterocycles. The number of nitrogens with zero attached hydrogens (tertiary/aromatic N) is 6. The molecular weight excluding hydrogens is 434 g/mol. The standard InChI is InChI=1S/C24H29N7OS/c1-14(2)20-21(17-8-15(3)23-26-13-27-31(23)10-17)28-29-22(20)24-25-9-19(33-24)16-4-6-30(7-5-16)18-11-32-12-18/h8-10,13-14,16,18H,4-7,11-12H2,1-3H3,(H,28,29). The number of hydrogen-bond acceptors (Lipinski definition) is 7. The number of H-pyrrole nitrogens is 1. The second kappa shape index (κ2) is 8.30. The van der Waals surface area contributed by atoms with E-state index in [1.54, 1.807) is 6.33 Å². The summed E-state index contributed by atoms with van der Waals surface area (Å²) in [5, 5.41) is 13.4. The molecule has 172 valence electrons. The molecule has 0 bridgehead atoms. The fourth-order valence-corrected chi connectivity index (χ4v) is 6.19. The Morgan fingerprint density at radius 2 is 2.00 bits per heavy atom. The normalized spacial score (nSPS) is 18.4. The van der Waals surface area contributed by atoms with Crippen molar-refractivity contribution >= 4 is 17.0 Å². The number of hydrogen-bond donors (Lipinski definition) is 1. The number of rotatable bonds is 5. The molecule has 1 N–H and O–H groups in total. The lowest BCUT2D eigenvalue weighted by atomic mass is 9.94. The van der Waals surface area contributed by atoms with Crippen LogP contribution < -0.4 is 0 Å². The third-order valence-electron chi connectivity index (χ3n) is 7.02. The first-order chi connectivity index (χ1) is 16.1. The van der Waals surface area contributed by atoms with Crippen LogP contribution in [0.15, 0.2) is 24.8 Å². The number of piperidine rings is 1. The molecule has 2 saturated heterocycles. The van der Waals surface area contributed by atoms with Crippen LogP contribution in [0.2, 0.25) is 0 Å². The minimum atomic E-state index is 0.306. The number of pyridine rings is 1. The molecule has 0 aliphatic carbocycles. The molecule has 0 radical (unpaired) electrons. The molecule has 4 aromatic heterocycles. The van der Waals surface area contributed by atoms with Gasteiger partial charge in [0.05, 0.1) is 30.6 Å². The molecule has 0 atom stereocenters. The molecular formula is C24H29N7OS. The molecule has 0 saturated carbocycles. The summed E-state index contributed by atoms with van der Waals surface area (Å²) in [6.45, 7) is 10.6. The quantitative estimate of drug-likeness (QED) is 0.476. The maximum atomic E-state index is 5.37. The molecule has 2 fully saturated rings. The number of aryl methyl sites for hydroxylation is 1. The average molecular weight is 464 g/mol. The van der Waals surface area contributed by atoms with Gasteiger partial charge in [-0.3, -0.25) is 10.00 Å². The van der Waals surface area contributed by atoms with E-state index < -0.39 is 0 Å². The van der Waals surface area contributed by atoms with E-state index in [2.05, 4.69) is 53.1 Å². The van der Waals surface area contributed by atoms with Crippen molar-refractivity contribution in [3.05, 3.63) is 40.8 Å². The predicted octanol–water partition coefficient (Wildman–Crippen LogP) is 4.25. The van der Waals surface area contributed by atoms with Crippen molar-refractivity contribution in [1.82, 2.24) is 34.7 Å². The SMILES string of the molecule is Cc1cc(-c2n[nH]c(-c3ncc(C4CCN(C5COC5)CC4)s3)c2C(C)C)cn2ncnc12. The van der Waals surface area contributed by atoms with E-state index in [1.807, 2.05) is 22.0 Å². The van der Waals surface area contributed by atoms with Crippen LogP contribution in [0, 0.1) is 6.92 Å². The number of ether oxygens (including phenoxy) is 1. The van der Waals surface area contributed by atoms with Crippen LogP contribution >= 0.6 is 11.3 Å². The maximum Gasteiger partial charge on any atom is 0.158 e. The van der Waals surface area contributed by atoms with Gasteiger partial charge in [-0.15, -0.1) is 11.3 Å². The summed E-state index contributed by atoms with van der Waals surface area (Å²) in [6, 6.07) is 2.78. The Balaban J connectivity index is 1.29. The molecule has 0 aromatic carbocycles. The van der Waals surface area contributed by atoms with Crippen molar-refractivity contribution in [2.24, 2.45) is 0 Å². The second-order valence-corrected chi connectivity index (χ2v) is 10.6. The van der Waals surface area contributed by atoms with Crippen LogP contribution in [0.1, 0.15) is 54.5 Å². The van der Waals surface area contributed by atoms with Gasteiger partial charge in [-0.05, 0) is 56.3 Å². The largest absolute Gasteiger partial charge is 0.378 e.